The van der Waals surface area contributed by atoms with E-state index < -0.39 is 0 Å². The summed E-state index contributed by atoms with van der Waals surface area (Å²) in [5.74, 6) is 1.37. The number of carbonyl (C=O) groups excluding carboxylic acids is 2. The molecule has 1 aromatic rings. The summed E-state index contributed by atoms with van der Waals surface area (Å²) in [5.41, 5.74) is 0.241. The van der Waals surface area contributed by atoms with Gasteiger partial charge in [0.25, 0.3) is 5.91 Å². The van der Waals surface area contributed by atoms with Gasteiger partial charge >= 0.3 is 0 Å². The van der Waals surface area contributed by atoms with Gasteiger partial charge in [0.05, 0.1) is 6.54 Å². The van der Waals surface area contributed by atoms with Crippen LogP contribution in [0.4, 0.5) is 0 Å². The number of likely N-dealkylation sites (tertiary alicyclic amines) is 2. The van der Waals surface area contributed by atoms with Gasteiger partial charge in [0.2, 0.25) is 5.91 Å². The van der Waals surface area contributed by atoms with Gasteiger partial charge in [0.1, 0.15) is 5.76 Å². The molecule has 4 rings (SSSR count). The van der Waals surface area contributed by atoms with E-state index in [9.17, 15) is 9.59 Å². The molecule has 1 saturated carbocycles. The summed E-state index contributed by atoms with van der Waals surface area (Å²) in [4.78, 5) is 28.5. The summed E-state index contributed by atoms with van der Waals surface area (Å²) in [6.45, 7) is 3.72. The fraction of sp³-hybridized carbons (Fsp3) is 0.684. The molecule has 2 saturated heterocycles. The predicted molar refractivity (Wildman–Crippen MR) is 93.0 cm³/mol. The number of rotatable bonds is 4. The predicted octanol–water partition coefficient (Wildman–Crippen LogP) is 2.01. The van der Waals surface area contributed by atoms with Gasteiger partial charge in [-0.25, -0.2) is 0 Å². The molecule has 3 aliphatic rings. The second kappa shape index (κ2) is 6.48. The maximum absolute atomic E-state index is 12.2. The zero-order chi connectivity index (χ0) is 17.4. The first-order chi connectivity index (χ1) is 12.1. The minimum absolute atomic E-state index is 0.188. The van der Waals surface area contributed by atoms with E-state index in [1.54, 1.807) is 13.1 Å². The molecule has 6 nitrogen and oxygen atoms in total. The Morgan fingerprint density at radius 3 is 2.92 bits per heavy atom. The van der Waals surface area contributed by atoms with Crippen molar-refractivity contribution >= 4 is 11.8 Å². The molecular formula is C19H27N3O3. The Hall–Kier alpha value is -1.82. The van der Waals surface area contributed by atoms with Crippen molar-refractivity contribution in [3.05, 3.63) is 23.7 Å². The van der Waals surface area contributed by atoms with Crippen molar-refractivity contribution in [1.29, 1.82) is 0 Å². The minimum atomic E-state index is -0.188. The van der Waals surface area contributed by atoms with Crippen LogP contribution in [0.3, 0.4) is 0 Å². The largest absolute Gasteiger partial charge is 0.455 e. The van der Waals surface area contributed by atoms with E-state index in [1.807, 2.05) is 6.07 Å². The van der Waals surface area contributed by atoms with E-state index in [4.69, 9.17) is 4.42 Å². The molecule has 1 spiro atoms. The Kier molecular flexibility index (Phi) is 4.31. The average Bonchev–Trinajstić information content (AvgIpc) is 3.36. The van der Waals surface area contributed by atoms with E-state index in [0.29, 0.717) is 24.1 Å². The maximum Gasteiger partial charge on any atom is 0.286 e. The highest BCUT2D eigenvalue weighted by Gasteiger charge is 2.45. The van der Waals surface area contributed by atoms with E-state index >= 15 is 0 Å². The molecule has 2 amide bonds. The van der Waals surface area contributed by atoms with Crippen molar-refractivity contribution < 1.29 is 14.0 Å². The van der Waals surface area contributed by atoms with E-state index in [0.717, 1.165) is 44.8 Å². The molecule has 3 fully saturated rings. The standard InChI is InChI=1S/C19H27N3O3/c1-20-18(24)16-6-5-15(25-16)11-21-10-2-8-19(12-21)9-7-17(23)22(13-19)14-3-4-14/h5-6,14H,2-4,7-13H2,1H3,(H,20,24). The summed E-state index contributed by atoms with van der Waals surface area (Å²) >= 11 is 0. The molecule has 0 radical (unpaired) electrons. The van der Waals surface area contributed by atoms with Crippen molar-refractivity contribution in [2.45, 2.75) is 51.1 Å². The van der Waals surface area contributed by atoms with Crippen LogP contribution in [0.5, 0.6) is 0 Å². The van der Waals surface area contributed by atoms with Crippen LogP contribution in [-0.4, -0.2) is 54.3 Å². The van der Waals surface area contributed by atoms with Crippen molar-refractivity contribution in [3.63, 3.8) is 0 Å². The van der Waals surface area contributed by atoms with Crippen LogP contribution in [0, 0.1) is 5.41 Å². The highest BCUT2D eigenvalue weighted by Crippen LogP contribution is 2.42. The summed E-state index contributed by atoms with van der Waals surface area (Å²) in [7, 11) is 1.61. The van der Waals surface area contributed by atoms with Crippen molar-refractivity contribution in [3.8, 4) is 0 Å². The lowest BCUT2D eigenvalue weighted by molar-refractivity contribution is -0.140. The SMILES string of the molecule is CNC(=O)c1ccc(CN2CCCC3(CCC(=O)N(C4CC4)C3)C2)o1. The van der Waals surface area contributed by atoms with Gasteiger partial charge in [-0.15, -0.1) is 0 Å². The molecule has 0 aromatic carbocycles. The van der Waals surface area contributed by atoms with Gasteiger partial charge < -0.3 is 14.6 Å². The molecule has 6 heteroatoms. The fourth-order valence-corrected chi connectivity index (χ4v) is 4.47. The monoisotopic (exact) mass is 345 g/mol. The molecule has 2 aliphatic heterocycles. The lowest BCUT2D eigenvalue weighted by Crippen LogP contribution is -2.54. The van der Waals surface area contributed by atoms with Gasteiger partial charge in [0, 0.05) is 38.0 Å². The van der Waals surface area contributed by atoms with Crippen molar-refractivity contribution in [2.24, 2.45) is 5.41 Å². The normalized spacial score (nSPS) is 27.7. The van der Waals surface area contributed by atoms with Crippen LogP contribution in [-0.2, 0) is 11.3 Å². The Balaban J connectivity index is 1.41. The number of hydrogen-bond acceptors (Lipinski definition) is 4. The maximum atomic E-state index is 12.2. The van der Waals surface area contributed by atoms with Crippen LogP contribution < -0.4 is 5.32 Å². The second-order valence-electron chi connectivity index (χ2n) is 7.91. The third-order valence-corrected chi connectivity index (χ3v) is 5.92. The third-order valence-electron chi connectivity index (χ3n) is 5.92. The van der Waals surface area contributed by atoms with E-state index in [2.05, 4.69) is 15.1 Å². The molecule has 25 heavy (non-hydrogen) atoms. The number of piperidine rings is 2. The number of carbonyl (C=O) groups is 2. The van der Waals surface area contributed by atoms with Crippen LogP contribution in [0.15, 0.2) is 16.5 Å². The number of hydrogen-bond donors (Lipinski definition) is 1. The quantitative estimate of drug-likeness (QED) is 0.906. The van der Waals surface area contributed by atoms with Crippen LogP contribution in [0.25, 0.3) is 0 Å². The Morgan fingerprint density at radius 1 is 1.32 bits per heavy atom. The van der Waals surface area contributed by atoms with Crippen LogP contribution in [0.2, 0.25) is 0 Å². The number of furan rings is 1. The molecule has 0 bridgehead atoms. The average molecular weight is 345 g/mol. The first-order valence-electron chi connectivity index (χ1n) is 9.41. The Bertz CT molecular complexity index is 667. The smallest absolute Gasteiger partial charge is 0.286 e. The number of nitrogens with one attached hydrogen (secondary N) is 1. The zero-order valence-electron chi connectivity index (χ0n) is 14.9. The minimum Gasteiger partial charge on any atom is -0.455 e. The van der Waals surface area contributed by atoms with Crippen molar-refractivity contribution in [2.75, 3.05) is 26.7 Å². The van der Waals surface area contributed by atoms with Gasteiger partial charge in [0.15, 0.2) is 5.76 Å². The molecule has 3 heterocycles. The summed E-state index contributed by atoms with van der Waals surface area (Å²) in [6, 6.07) is 4.15. The number of amides is 2. The number of nitrogens with zero attached hydrogens (tertiary/aromatic N) is 2. The first-order valence-corrected chi connectivity index (χ1v) is 9.41. The lowest BCUT2D eigenvalue weighted by Gasteiger charge is -2.48. The lowest BCUT2D eigenvalue weighted by atomic mass is 9.73. The molecule has 136 valence electrons. The highest BCUT2D eigenvalue weighted by atomic mass is 16.4. The van der Waals surface area contributed by atoms with Crippen molar-refractivity contribution in [1.82, 2.24) is 15.1 Å². The van der Waals surface area contributed by atoms with Crippen LogP contribution in [0.1, 0.15) is 54.8 Å². The van der Waals surface area contributed by atoms with Gasteiger partial charge in [-0.2, -0.15) is 0 Å². The highest BCUT2D eigenvalue weighted by molar-refractivity contribution is 5.91. The summed E-state index contributed by atoms with van der Waals surface area (Å²) in [5, 5.41) is 2.59. The topological polar surface area (TPSA) is 65.8 Å². The molecule has 1 aliphatic carbocycles. The van der Waals surface area contributed by atoms with Gasteiger partial charge in [-0.05, 0) is 50.8 Å². The molecular weight excluding hydrogens is 318 g/mol. The Morgan fingerprint density at radius 2 is 2.16 bits per heavy atom. The molecule has 1 unspecified atom stereocenters. The molecule has 1 atom stereocenters. The zero-order valence-corrected chi connectivity index (χ0v) is 14.9. The van der Waals surface area contributed by atoms with Crippen LogP contribution >= 0.6 is 0 Å². The first kappa shape index (κ1) is 16.6. The Labute approximate surface area is 148 Å². The van der Waals surface area contributed by atoms with Gasteiger partial charge in [-0.1, -0.05) is 0 Å². The third kappa shape index (κ3) is 3.45. The summed E-state index contributed by atoms with van der Waals surface area (Å²) < 4.78 is 5.68. The van der Waals surface area contributed by atoms with E-state index in [-0.39, 0.29) is 11.3 Å². The molecule has 1 aromatic heterocycles. The van der Waals surface area contributed by atoms with Gasteiger partial charge in [-0.3, -0.25) is 14.5 Å². The second-order valence-corrected chi connectivity index (χ2v) is 7.91. The molecule has 1 N–H and O–H groups in total. The summed E-state index contributed by atoms with van der Waals surface area (Å²) in [6.07, 6.45) is 6.44. The van der Waals surface area contributed by atoms with E-state index in [1.165, 1.54) is 19.3 Å². The fourth-order valence-electron chi connectivity index (χ4n) is 4.47.